The lowest BCUT2D eigenvalue weighted by atomic mass is 10.1. The first-order valence-electron chi connectivity index (χ1n) is 5.80. The molecule has 1 atom stereocenters. The second-order valence-corrected chi connectivity index (χ2v) is 4.63. The third-order valence-corrected chi connectivity index (χ3v) is 3.03. The maximum absolute atomic E-state index is 11.8. The van der Waals surface area contributed by atoms with Crippen LogP contribution in [0.3, 0.4) is 0 Å². The van der Waals surface area contributed by atoms with E-state index in [0.29, 0.717) is 5.56 Å². The molecule has 2 rings (SSSR count). The summed E-state index contributed by atoms with van der Waals surface area (Å²) in [4.78, 5) is 33.6. The lowest BCUT2D eigenvalue weighted by molar-refractivity contribution is -0.392. The van der Waals surface area contributed by atoms with E-state index in [4.69, 9.17) is 5.73 Å². The van der Waals surface area contributed by atoms with Crippen LogP contribution in [0.4, 0.5) is 17.1 Å². The van der Waals surface area contributed by atoms with Crippen molar-refractivity contribution in [2.75, 3.05) is 11.4 Å². The van der Waals surface area contributed by atoms with Gasteiger partial charge >= 0.3 is 0 Å². The van der Waals surface area contributed by atoms with Crippen molar-refractivity contribution in [1.82, 2.24) is 0 Å². The first-order valence-corrected chi connectivity index (χ1v) is 5.80. The summed E-state index contributed by atoms with van der Waals surface area (Å²) in [5, 5.41) is 22.2. The van der Waals surface area contributed by atoms with Crippen molar-refractivity contribution in [1.29, 1.82) is 0 Å². The monoisotopic (exact) mass is 280 g/mol. The number of anilines is 1. The predicted molar refractivity (Wildman–Crippen MR) is 69.4 cm³/mol. The SMILES string of the molecule is Cc1cc([N+](=O)[O-])c(N2CC(N)CC2=O)c([N+](=O)[O-])c1. The highest BCUT2D eigenvalue weighted by Crippen LogP contribution is 2.40. The maximum Gasteiger partial charge on any atom is 0.300 e. The number of amides is 1. The standard InChI is InChI=1S/C11H12N4O5/c1-6-2-8(14(17)18)11(9(3-6)15(19)20)13-5-7(12)4-10(13)16/h2-3,7H,4-5,12H2,1H3. The number of nitrogens with two attached hydrogens (primary N) is 1. The number of rotatable bonds is 3. The lowest BCUT2D eigenvalue weighted by Gasteiger charge is -2.16. The molecule has 0 aromatic heterocycles. The Balaban J connectivity index is 2.68. The number of nitrogens with zero attached hydrogens (tertiary/aromatic N) is 3. The molecule has 1 aromatic carbocycles. The van der Waals surface area contributed by atoms with Crippen LogP contribution in [-0.4, -0.2) is 28.3 Å². The van der Waals surface area contributed by atoms with E-state index < -0.39 is 33.2 Å². The fraction of sp³-hybridized carbons (Fsp3) is 0.364. The summed E-state index contributed by atoms with van der Waals surface area (Å²) in [6, 6.07) is 1.93. The third-order valence-electron chi connectivity index (χ3n) is 3.03. The van der Waals surface area contributed by atoms with E-state index in [1.54, 1.807) is 0 Å². The van der Waals surface area contributed by atoms with Gasteiger partial charge in [0.05, 0.1) is 9.85 Å². The number of carbonyl (C=O) groups is 1. The number of nitro benzene ring substituents is 2. The zero-order chi connectivity index (χ0) is 15.0. The Hall–Kier alpha value is -2.55. The zero-order valence-electron chi connectivity index (χ0n) is 10.6. The molecule has 1 unspecified atom stereocenters. The van der Waals surface area contributed by atoms with E-state index >= 15 is 0 Å². The van der Waals surface area contributed by atoms with E-state index in [9.17, 15) is 25.0 Å². The second-order valence-electron chi connectivity index (χ2n) is 4.63. The highest BCUT2D eigenvalue weighted by Gasteiger charge is 2.38. The number of benzene rings is 1. The van der Waals surface area contributed by atoms with E-state index in [-0.39, 0.29) is 18.7 Å². The van der Waals surface area contributed by atoms with Crippen LogP contribution < -0.4 is 10.6 Å². The van der Waals surface area contributed by atoms with Crippen molar-refractivity contribution >= 4 is 23.0 Å². The average molecular weight is 280 g/mol. The number of nitro groups is 2. The average Bonchev–Trinajstić information content (AvgIpc) is 2.66. The minimum atomic E-state index is -0.730. The van der Waals surface area contributed by atoms with Crippen molar-refractivity contribution < 1.29 is 14.6 Å². The summed E-state index contributed by atoms with van der Waals surface area (Å²) in [6.45, 7) is 1.55. The number of hydrogen-bond acceptors (Lipinski definition) is 6. The van der Waals surface area contributed by atoms with Crippen molar-refractivity contribution in [3.8, 4) is 0 Å². The minimum absolute atomic E-state index is 0.0161. The van der Waals surface area contributed by atoms with E-state index in [1.165, 1.54) is 19.1 Å². The van der Waals surface area contributed by atoms with Gasteiger partial charge in [-0.25, -0.2) is 0 Å². The molecule has 20 heavy (non-hydrogen) atoms. The van der Waals surface area contributed by atoms with Gasteiger partial charge in [-0.3, -0.25) is 29.9 Å². The van der Waals surface area contributed by atoms with Crippen LogP contribution in [0.2, 0.25) is 0 Å². The van der Waals surface area contributed by atoms with Gasteiger partial charge in [0.1, 0.15) is 0 Å². The van der Waals surface area contributed by atoms with E-state index in [2.05, 4.69) is 0 Å². The Kier molecular flexibility index (Phi) is 3.36. The smallest absolute Gasteiger partial charge is 0.300 e. The summed E-state index contributed by atoms with van der Waals surface area (Å²) in [6.07, 6.45) is 0.0161. The first kappa shape index (κ1) is 13.9. The maximum atomic E-state index is 11.8. The third kappa shape index (κ3) is 2.30. The largest absolute Gasteiger partial charge is 0.326 e. The molecule has 0 radical (unpaired) electrons. The van der Waals surface area contributed by atoms with Gasteiger partial charge in [0.25, 0.3) is 11.4 Å². The Bertz CT molecular complexity index is 580. The van der Waals surface area contributed by atoms with Crippen LogP contribution in [0.1, 0.15) is 12.0 Å². The molecule has 9 nitrogen and oxygen atoms in total. The number of carbonyl (C=O) groups excluding carboxylic acids is 1. The van der Waals surface area contributed by atoms with Gasteiger partial charge in [-0.15, -0.1) is 0 Å². The van der Waals surface area contributed by atoms with Gasteiger partial charge in [-0.1, -0.05) is 0 Å². The van der Waals surface area contributed by atoms with Crippen molar-refractivity contribution in [2.45, 2.75) is 19.4 Å². The molecule has 106 valence electrons. The number of hydrogen-bond donors (Lipinski definition) is 1. The van der Waals surface area contributed by atoms with Gasteiger partial charge in [0, 0.05) is 31.1 Å². The van der Waals surface area contributed by atoms with Gasteiger partial charge < -0.3 is 5.73 Å². The molecule has 0 bridgehead atoms. The molecule has 0 saturated carbocycles. The molecule has 1 aliphatic heterocycles. The highest BCUT2D eigenvalue weighted by molar-refractivity contribution is 6.01. The van der Waals surface area contributed by atoms with Crippen LogP contribution in [0.25, 0.3) is 0 Å². The quantitative estimate of drug-likeness (QED) is 0.645. The summed E-state index contributed by atoms with van der Waals surface area (Å²) in [7, 11) is 0. The molecular formula is C11H12N4O5. The van der Waals surface area contributed by atoms with Gasteiger partial charge in [-0.05, 0) is 12.5 Å². The van der Waals surface area contributed by atoms with Crippen molar-refractivity contribution in [3.63, 3.8) is 0 Å². The molecule has 1 amide bonds. The van der Waals surface area contributed by atoms with E-state index in [0.717, 1.165) is 4.90 Å². The fourth-order valence-corrected chi connectivity index (χ4v) is 2.25. The molecule has 1 fully saturated rings. The number of aryl methyl sites for hydroxylation is 1. The van der Waals surface area contributed by atoms with Crippen LogP contribution in [-0.2, 0) is 4.79 Å². The molecule has 0 aliphatic carbocycles. The summed E-state index contributed by atoms with van der Waals surface area (Å²) < 4.78 is 0. The summed E-state index contributed by atoms with van der Waals surface area (Å²) in [5.74, 6) is -0.451. The Labute approximate surface area is 113 Å². The molecule has 0 spiro atoms. The second kappa shape index (κ2) is 4.85. The molecule has 1 saturated heterocycles. The molecule has 2 N–H and O–H groups in total. The topological polar surface area (TPSA) is 133 Å². The lowest BCUT2D eigenvalue weighted by Crippen LogP contribution is -2.29. The molecule has 1 aromatic rings. The summed E-state index contributed by atoms with van der Waals surface area (Å²) in [5.41, 5.74) is 4.80. The van der Waals surface area contributed by atoms with Crippen LogP contribution in [0.5, 0.6) is 0 Å². The highest BCUT2D eigenvalue weighted by atomic mass is 16.6. The molecule has 9 heteroatoms. The molecule has 1 heterocycles. The van der Waals surface area contributed by atoms with Gasteiger partial charge in [0.2, 0.25) is 11.6 Å². The minimum Gasteiger partial charge on any atom is -0.326 e. The van der Waals surface area contributed by atoms with Crippen LogP contribution >= 0.6 is 0 Å². The fourth-order valence-electron chi connectivity index (χ4n) is 2.25. The zero-order valence-corrected chi connectivity index (χ0v) is 10.6. The van der Waals surface area contributed by atoms with E-state index in [1.807, 2.05) is 0 Å². The van der Waals surface area contributed by atoms with Crippen LogP contribution in [0, 0.1) is 27.2 Å². The van der Waals surface area contributed by atoms with Crippen molar-refractivity contribution in [3.05, 3.63) is 37.9 Å². The summed E-state index contributed by atoms with van der Waals surface area (Å²) >= 11 is 0. The normalized spacial score (nSPS) is 18.4. The van der Waals surface area contributed by atoms with Gasteiger partial charge in [-0.2, -0.15) is 0 Å². The Morgan fingerprint density at radius 1 is 1.25 bits per heavy atom. The predicted octanol–water partition coefficient (Wildman–Crippen LogP) is 0.875. The first-order chi connectivity index (χ1) is 9.31. The molecule has 1 aliphatic rings. The Morgan fingerprint density at radius 2 is 1.75 bits per heavy atom. The van der Waals surface area contributed by atoms with Gasteiger partial charge in [0.15, 0.2) is 0 Å². The molecular weight excluding hydrogens is 268 g/mol. The van der Waals surface area contributed by atoms with Crippen molar-refractivity contribution in [2.24, 2.45) is 5.73 Å². The van der Waals surface area contributed by atoms with Crippen LogP contribution in [0.15, 0.2) is 12.1 Å². The Morgan fingerprint density at radius 3 is 2.10 bits per heavy atom.